The molecule has 0 aliphatic rings. The molecule has 38 heavy (non-hydrogen) atoms. The first-order chi connectivity index (χ1) is 17.7. The number of alkyl carbamates (subject to hydrolysis) is 1. The van der Waals surface area contributed by atoms with Gasteiger partial charge < -0.3 is 30.9 Å². The molecule has 2 amide bonds. The molecule has 2 rings (SSSR count). The van der Waals surface area contributed by atoms with Crippen LogP contribution in [-0.2, 0) is 22.4 Å². The zero-order valence-electron chi connectivity index (χ0n) is 23.5. The lowest BCUT2D eigenvalue weighted by molar-refractivity contribution is -0.130. The standard InChI is InChI=1S/C30H45N3O5/c1-29(2,3)27(36)32-23(17-21-13-9-7-10-14-21)25(34)19-31-20-26(35)24(18-22-15-11-8-12-16-22)33-28(37)38-30(4,5)6/h7-16,23-26,31,34-35H,17-20H2,1-6H3,(H,32,36)(H,33,37)/t23-,24+,25?,26+/m1/s1. The molecule has 4 atom stereocenters. The Morgan fingerprint density at radius 3 is 1.55 bits per heavy atom. The number of amides is 2. The third-order valence-electron chi connectivity index (χ3n) is 5.93. The van der Waals surface area contributed by atoms with Crippen LogP contribution in [0.5, 0.6) is 0 Å². The number of rotatable bonds is 12. The minimum Gasteiger partial charge on any atom is -0.444 e. The van der Waals surface area contributed by atoms with Crippen molar-refractivity contribution in [2.75, 3.05) is 13.1 Å². The Morgan fingerprint density at radius 1 is 0.737 bits per heavy atom. The highest BCUT2D eigenvalue weighted by Crippen LogP contribution is 2.15. The van der Waals surface area contributed by atoms with Gasteiger partial charge in [-0.15, -0.1) is 0 Å². The molecule has 0 fully saturated rings. The summed E-state index contributed by atoms with van der Waals surface area (Å²) in [5.74, 6) is -0.151. The summed E-state index contributed by atoms with van der Waals surface area (Å²) in [6.07, 6.45) is -1.59. The van der Waals surface area contributed by atoms with E-state index in [1.165, 1.54) is 0 Å². The third-order valence-corrected chi connectivity index (χ3v) is 5.93. The van der Waals surface area contributed by atoms with E-state index in [1.54, 1.807) is 20.8 Å². The van der Waals surface area contributed by atoms with E-state index >= 15 is 0 Å². The van der Waals surface area contributed by atoms with E-state index in [4.69, 9.17) is 4.74 Å². The fourth-order valence-electron chi connectivity index (χ4n) is 3.81. The molecule has 0 aliphatic heterocycles. The van der Waals surface area contributed by atoms with Crippen LogP contribution in [0.3, 0.4) is 0 Å². The Kier molecular flexibility index (Phi) is 11.8. The first-order valence-electron chi connectivity index (χ1n) is 13.2. The van der Waals surface area contributed by atoms with Crippen molar-refractivity contribution in [1.82, 2.24) is 16.0 Å². The number of nitrogens with one attached hydrogen (secondary N) is 3. The molecule has 0 saturated heterocycles. The molecule has 5 N–H and O–H groups in total. The van der Waals surface area contributed by atoms with E-state index in [-0.39, 0.29) is 19.0 Å². The van der Waals surface area contributed by atoms with Crippen LogP contribution in [0.15, 0.2) is 60.7 Å². The predicted molar refractivity (Wildman–Crippen MR) is 150 cm³/mol. The number of aliphatic hydroxyl groups is 2. The summed E-state index contributed by atoms with van der Waals surface area (Å²) in [4.78, 5) is 25.1. The van der Waals surface area contributed by atoms with Crippen molar-refractivity contribution in [3.63, 3.8) is 0 Å². The molecular formula is C30H45N3O5. The Balaban J connectivity index is 2.03. The lowest BCUT2D eigenvalue weighted by Crippen LogP contribution is -2.53. The second kappa shape index (κ2) is 14.3. The van der Waals surface area contributed by atoms with Gasteiger partial charge in [-0.25, -0.2) is 4.79 Å². The van der Waals surface area contributed by atoms with E-state index in [1.807, 2.05) is 81.4 Å². The minimum absolute atomic E-state index is 0.121. The Bertz CT molecular complexity index is 986. The summed E-state index contributed by atoms with van der Waals surface area (Å²) in [5.41, 5.74) is 0.687. The maximum absolute atomic E-state index is 12.7. The van der Waals surface area contributed by atoms with Gasteiger partial charge in [0.05, 0.1) is 24.3 Å². The normalized spacial score (nSPS) is 15.2. The lowest BCUT2D eigenvalue weighted by Gasteiger charge is -2.29. The third kappa shape index (κ3) is 11.6. The van der Waals surface area contributed by atoms with Crippen LogP contribution < -0.4 is 16.0 Å². The summed E-state index contributed by atoms with van der Waals surface area (Å²) in [5, 5.41) is 30.8. The molecule has 0 spiro atoms. The summed E-state index contributed by atoms with van der Waals surface area (Å²) >= 11 is 0. The predicted octanol–water partition coefficient (Wildman–Crippen LogP) is 3.21. The number of hydrogen-bond acceptors (Lipinski definition) is 6. The Labute approximate surface area is 227 Å². The van der Waals surface area contributed by atoms with Gasteiger partial charge in [-0.05, 0) is 44.7 Å². The molecule has 0 bridgehead atoms. The summed E-state index contributed by atoms with van der Waals surface area (Å²) in [6, 6.07) is 18.1. The molecule has 0 aliphatic carbocycles. The van der Waals surface area contributed by atoms with Gasteiger partial charge in [0, 0.05) is 18.5 Å². The van der Waals surface area contributed by atoms with Crippen molar-refractivity contribution in [3.8, 4) is 0 Å². The number of hydrogen-bond donors (Lipinski definition) is 5. The molecule has 0 heterocycles. The number of carbonyl (C=O) groups is 2. The number of aliphatic hydroxyl groups excluding tert-OH is 2. The van der Waals surface area contributed by atoms with Crippen LogP contribution in [0.25, 0.3) is 0 Å². The van der Waals surface area contributed by atoms with E-state index < -0.39 is 41.4 Å². The first kappa shape index (κ1) is 31.3. The summed E-state index contributed by atoms with van der Waals surface area (Å²) in [7, 11) is 0. The largest absolute Gasteiger partial charge is 0.444 e. The molecule has 8 heteroatoms. The van der Waals surface area contributed by atoms with E-state index in [0.717, 1.165) is 11.1 Å². The van der Waals surface area contributed by atoms with E-state index in [2.05, 4.69) is 16.0 Å². The second-order valence-electron chi connectivity index (χ2n) is 11.8. The van der Waals surface area contributed by atoms with Crippen molar-refractivity contribution >= 4 is 12.0 Å². The van der Waals surface area contributed by atoms with Crippen LogP contribution in [0.2, 0.25) is 0 Å². The molecule has 8 nitrogen and oxygen atoms in total. The topological polar surface area (TPSA) is 120 Å². The fraction of sp³-hybridized carbons (Fsp3) is 0.533. The average molecular weight is 528 g/mol. The maximum Gasteiger partial charge on any atom is 0.407 e. The maximum atomic E-state index is 12.7. The van der Waals surface area contributed by atoms with Crippen LogP contribution in [0, 0.1) is 5.41 Å². The van der Waals surface area contributed by atoms with Crippen molar-refractivity contribution in [1.29, 1.82) is 0 Å². The molecule has 0 radical (unpaired) electrons. The highest BCUT2D eigenvalue weighted by atomic mass is 16.6. The fourth-order valence-corrected chi connectivity index (χ4v) is 3.81. The van der Waals surface area contributed by atoms with Gasteiger partial charge in [0.25, 0.3) is 0 Å². The molecule has 2 aromatic carbocycles. The number of ether oxygens (including phenoxy) is 1. The van der Waals surface area contributed by atoms with E-state index in [9.17, 15) is 19.8 Å². The minimum atomic E-state index is -0.952. The SMILES string of the molecule is CC(C)(C)OC(=O)N[C@@H](Cc1ccccc1)[C@@H](O)CNCC(O)[C@@H](Cc1ccccc1)NC(=O)C(C)(C)C. The number of carbonyl (C=O) groups excluding carboxylic acids is 2. The molecule has 0 aromatic heterocycles. The van der Waals surface area contributed by atoms with Gasteiger partial charge in [0.15, 0.2) is 0 Å². The highest BCUT2D eigenvalue weighted by Gasteiger charge is 2.29. The smallest absolute Gasteiger partial charge is 0.407 e. The Hall–Kier alpha value is -2.94. The monoisotopic (exact) mass is 527 g/mol. The van der Waals surface area contributed by atoms with Gasteiger partial charge in [0.1, 0.15) is 5.60 Å². The van der Waals surface area contributed by atoms with E-state index in [0.29, 0.717) is 12.8 Å². The van der Waals surface area contributed by atoms with Gasteiger partial charge in [-0.1, -0.05) is 81.4 Å². The van der Waals surface area contributed by atoms with Crippen molar-refractivity contribution < 1.29 is 24.5 Å². The highest BCUT2D eigenvalue weighted by molar-refractivity contribution is 5.81. The van der Waals surface area contributed by atoms with Crippen LogP contribution >= 0.6 is 0 Å². The van der Waals surface area contributed by atoms with Crippen LogP contribution in [0.1, 0.15) is 52.7 Å². The van der Waals surface area contributed by atoms with Crippen molar-refractivity contribution in [2.24, 2.45) is 5.41 Å². The molecular weight excluding hydrogens is 482 g/mol. The van der Waals surface area contributed by atoms with Crippen molar-refractivity contribution in [2.45, 2.75) is 84.3 Å². The lowest BCUT2D eigenvalue weighted by atomic mass is 9.93. The zero-order chi connectivity index (χ0) is 28.3. The molecule has 2 aromatic rings. The second-order valence-corrected chi connectivity index (χ2v) is 11.8. The van der Waals surface area contributed by atoms with Gasteiger partial charge >= 0.3 is 6.09 Å². The van der Waals surface area contributed by atoms with Crippen LogP contribution in [-0.4, -0.2) is 65.2 Å². The molecule has 0 saturated carbocycles. The van der Waals surface area contributed by atoms with Crippen molar-refractivity contribution in [3.05, 3.63) is 71.8 Å². The quantitative estimate of drug-likeness (QED) is 0.289. The van der Waals surface area contributed by atoms with Gasteiger partial charge in [0.2, 0.25) is 5.91 Å². The first-order valence-corrected chi connectivity index (χ1v) is 13.2. The molecule has 1 unspecified atom stereocenters. The average Bonchev–Trinajstić information content (AvgIpc) is 2.82. The van der Waals surface area contributed by atoms with Gasteiger partial charge in [-0.2, -0.15) is 0 Å². The molecule has 210 valence electrons. The zero-order valence-corrected chi connectivity index (χ0v) is 23.5. The summed E-state index contributed by atoms with van der Waals surface area (Å²) in [6.45, 7) is 11.1. The Morgan fingerprint density at radius 2 is 1.16 bits per heavy atom. The van der Waals surface area contributed by atoms with Gasteiger partial charge in [-0.3, -0.25) is 4.79 Å². The van der Waals surface area contributed by atoms with Crippen LogP contribution in [0.4, 0.5) is 4.79 Å². The summed E-state index contributed by atoms with van der Waals surface area (Å²) < 4.78 is 5.39. The number of benzene rings is 2.